The number of nitrogens with one attached hydrogen (secondary N) is 2. The number of rotatable bonds is 7. The highest BCUT2D eigenvalue weighted by Crippen LogP contribution is 2.15. The minimum Gasteiger partial charge on any atom is -0.548 e. The van der Waals surface area contributed by atoms with Crippen molar-refractivity contribution < 1.29 is 29.0 Å². The normalized spacial score (nSPS) is 11.9. The standard InChI is InChI=1S/C21H20N2O6/c1-13(21(27)28)22-20(26)18(23-19(25)16-6-4-3-5-7-16)12-15-8-10-17(11-9-15)29-14(2)24/h3-13H,1-2H3,(H,22,26)(H,23,25)(H,27,28)/p-1/b18-12+/t13-/m1/s1. The monoisotopic (exact) mass is 395 g/mol. The van der Waals surface area contributed by atoms with Crippen molar-refractivity contribution in [1.29, 1.82) is 0 Å². The fourth-order valence-corrected chi connectivity index (χ4v) is 2.24. The highest BCUT2D eigenvalue weighted by molar-refractivity contribution is 6.06. The first-order valence-electron chi connectivity index (χ1n) is 8.64. The topological polar surface area (TPSA) is 125 Å². The van der Waals surface area contributed by atoms with E-state index in [1.54, 1.807) is 42.5 Å². The van der Waals surface area contributed by atoms with E-state index in [1.807, 2.05) is 0 Å². The van der Waals surface area contributed by atoms with E-state index < -0.39 is 29.8 Å². The molecule has 8 heteroatoms. The number of aliphatic carboxylic acids is 1. The molecule has 2 amide bonds. The molecule has 0 saturated carbocycles. The molecule has 1 atom stereocenters. The van der Waals surface area contributed by atoms with E-state index in [-0.39, 0.29) is 5.70 Å². The molecule has 0 aliphatic carbocycles. The summed E-state index contributed by atoms with van der Waals surface area (Å²) < 4.78 is 4.94. The van der Waals surface area contributed by atoms with Gasteiger partial charge in [0.1, 0.15) is 11.4 Å². The number of hydrogen-bond donors (Lipinski definition) is 2. The van der Waals surface area contributed by atoms with Crippen molar-refractivity contribution in [3.63, 3.8) is 0 Å². The van der Waals surface area contributed by atoms with Crippen LogP contribution in [0.5, 0.6) is 5.75 Å². The van der Waals surface area contributed by atoms with Gasteiger partial charge >= 0.3 is 5.97 Å². The van der Waals surface area contributed by atoms with Crippen LogP contribution in [0.3, 0.4) is 0 Å². The number of esters is 1. The number of benzene rings is 2. The van der Waals surface area contributed by atoms with E-state index in [2.05, 4.69) is 10.6 Å². The molecule has 0 aliphatic rings. The zero-order chi connectivity index (χ0) is 21.4. The number of hydrogen-bond acceptors (Lipinski definition) is 6. The van der Waals surface area contributed by atoms with Gasteiger partial charge in [0.25, 0.3) is 11.8 Å². The molecule has 0 unspecified atom stereocenters. The van der Waals surface area contributed by atoms with Gasteiger partial charge in [0.15, 0.2) is 0 Å². The Morgan fingerprint density at radius 3 is 2.17 bits per heavy atom. The van der Waals surface area contributed by atoms with Crippen molar-refractivity contribution in [3.05, 3.63) is 71.4 Å². The van der Waals surface area contributed by atoms with Crippen molar-refractivity contribution >= 4 is 29.8 Å². The lowest BCUT2D eigenvalue weighted by atomic mass is 10.1. The third-order valence-electron chi connectivity index (χ3n) is 3.68. The fourth-order valence-electron chi connectivity index (χ4n) is 2.24. The highest BCUT2D eigenvalue weighted by Gasteiger charge is 2.17. The van der Waals surface area contributed by atoms with E-state index in [0.717, 1.165) is 0 Å². The predicted octanol–water partition coefficient (Wildman–Crippen LogP) is 0.637. The summed E-state index contributed by atoms with van der Waals surface area (Å²) in [6.07, 6.45) is 1.37. The van der Waals surface area contributed by atoms with Crippen molar-refractivity contribution in [1.82, 2.24) is 10.6 Å². The molecule has 0 saturated heterocycles. The van der Waals surface area contributed by atoms with E-state index in [4.69, 9.17) is 4.74 Å². The number of carbonyl (C=O) groups excluding carboxylic acids is 4. The quantitative estimate of drug-likeness (QED) is 0.403. The Balaban J connectivity index is 2.28. The van der Waals surface area contributed by atoms with Gasteiger partial charge in [0, 0.05) is 12.5 Å². The summed E-state index contributed by atoms with van der Waals surface area (Å²) in [5, 5.41) is 15.6. The molecular formula is C21H19N2O6-. The first kappa shape index (κ1) is 21.4. The number of carboxylic acid groups (broad SMARTS) is 1. The summed E-state index contributed by atoms with van der Waals surface area (Å²) in [5.74, 6) is -2.95. The van der Waals surface area contributed by atoms with Crippen molar-refractivity contribution in [2.75, 3.05) is 0 Å². The second-order valence-corrected chi connectivity index (χ2v) is 6.06. The highest BCUT2D eigenvalue weighted by atomic mass is 16.5. The van der Waals surface area contributed by atoms with Crippen LogP contribution in [0.2, 0.25) is 0 Å². The lowest BCUT2D eigenvalue weighted by molar-refractivity contribution is -0.307. The third-order valence-corrected chi connectivity index (χ3v) is 3.68. The predicted molar refractivity (Wildman–Crippen MR) is 102 cm³/mol. The van der Waals surface area contributed by atoms with Gasteiger partial charge in [-0.3, -0.25) is 14.4 Å². The van der Waals surface area contributed by atoms with Crippen molar-refractivity contribution in [2.45, 2.75) is 19.9 Å². The maximum Gasteiger partial charge on any atom is 0.308 e. The summed E-state index contributed by atoms with van der Waals surface area (Å²) >= 11 is 0. The molecule has 8 nitrogen and oxygen atoms in total. The molecular weight excluding hydrogens is 376 g/mol. The molecule has 2 rings (SSSR count). The molecule has 0 heterocycles. The number of ether oxygens (including phenoxy) is 1. The first-order chi connectivity index (χ1) is 13.8. The molecule has 0 aromatic heterocycles. The fraction of sp³-hybridized carbons (Fsp3) is 0.143. The SMILES string of the molecule is CC(=O)Oc1ccc(/C=C(/NC(=O)c2ccccc2)C(=O)N[C@H](C)C(=O)[O-])cc1. The van der Waals surface area contributed by atoms with Gasteiger partial charge in [-0.25, -0.2) is 0 Å². The Bertz CT molecular complexity index is 935. The third kappa shape index (κ3) is 6.62. The van der Waals surface area contributed by atoms with E-state index in [0.29, 0.717) is 16.9 Å². The Labute approximate surface area is 167 Å². The number of carbonyl (C=O) groups is 4. The van der Waals surface area contributed by atoms with Gasteiger partial charge < -0.3 is 25.3 Å². The zero-order valence-electron chi connectivity index (χ0n) is 15.8. The van der Waals surface area contributed by atoms with E-state index in [9.17, 15) is 24.3 Å². The van der Waals surface area contributed by atoms with Crippen molar-refractivity contribution in [2.24, 2.45) is 0 Å². The first-order valence-corrected chi connectivity index (χ1v) is 8.64. The maximum absolute atomic E-state index is 12.5. The molecule has 150 valence electrons. The lowest BCUT2D eigenvalue weighted by Gasteiger charge is -2.17. The summed E-state index contributed by atoms with van der Waals surface area (Å²) in [7, 11) is 0. The molecule has 0 fully saturated rings. The maximum atomic E-state index is 12.5. The molecule has 0 aliphatic heterocycles. The van der Waals surface area contributed by atoms with Gasteiger partial charge in [-0.15, -0.1) is 0 Å². The summed E-state index contributed by atoms with van der Waals surface area (Å²) in [6.45, 7) is 2.52. The number of carboxylic acids is 1. The van der Waals surface area contributed by atoms with Gasteiger partial charge in [-0.05, 0) is 42.8 Å². The Morgan fingerprint density at radius 1 is 1.00 bits per heavy atom. The second kappa shape index (κ2) is 9.84. The van der Waals surface area contributed by atoms with Crippen LogP contribution < -0.4 is 20.5 Å². The van der Waals surface area contributed by atoms with Crippen LogP contribution in [-0.4, -0.2) is 29.8 Å². The van der Waals surface area contributed by atoms with E-state index in [1.165, 1.54) is 32.1 Å². The zero-order valence-corrected chi connectivity index (χ0v) is 15.8. The van der Waals surface area contributed by atoms with Gasteiger partial charge in [0.2, 0.25) is 0 Å². The smallest absolute Gasteiger partial charge is 0.308 e. The molecule has 0 bridgehead atoms. The van der Waals surface area contributed by atoms with Crippen LogP contribution in [-0.2, 0) is 14.4 Å². The van der Waals surface area contributed by atoms with Crippen LogP contribution in [0.15, 0.2) is 60.3 Å². The van der Waals surface area contributed by atoms with Crippen LogP contribution in [0, 0.1) is 0 Å². The Morgan fingerprint density at radius 2 is 1.62 bits per heavy atom. The van der Waals surface area contributed by atoms with E-state index >= 15 is 0 Å². The largest absolute Gasteiger partial charge is 0.548 e. The summed E-state index contributed by atoms with van der Waals surface area (Å²) in [4.78, 5) is 46.8. The van der Waals surface area contributed by atoms with Gasteiger partial charge in [0.05, 0.1) is 12.0 Å². The van der Waals surface area contributed by atoms with Crippen LogP contribution in [0.1, 0.15) is 29.8 Å². The Kier molecular flexibility index (Phi) is 7.25. The van der Waals surface area contributed by atoms with Gasteiger partial charge in [-0.1, -0.05) is 30.3 Å². The molecule has 2 N–H and O–H groups in total. The Hall–Kier alpha value is -3.94. The summed E-state index contributed by atoms with van der Waals surface area (Å²) in [6, 6.07) is 13.2. The number of amides is 2. The summed E-state index contributed by atoms with van der Waals surface area (Å²) in [5.41, 5.74) is 0.678. The minimum atomic E-state index is -1.46. The minimum absolute atomic E-state index is 0.160. The molecule has 0 spiro atoms. The van der Waals surface area contributed by atoms with Crippen LogP contribution >= 0.6 is 0 Å². The average molecular weight is 395 g/mol. The molecule has 2 aromatic carbocycles. The average Bonchev–Trinajstić information content (AvgIpc) is 2.68. The van der Waals surface area contributed by atoms with Crippen molar-refractivity contribution in [3.8, 4) is 5.75 Å². The molecule has 0 radical (unpaired) electrons. The molecule has 2 aromatic rings. The van der Waals surface area contributed by atoms with Gasteiger partial charge in [-0.2, -0.15) is 0 Å². The van der Waals surface area contributed by atoms with Crippen LogP contribution in [0.4, 0.5) is 0 Å². The molecule has 29 heavy (non-hydrogen) atoms. The van der Waals surface area contributed by atoms with Crippen LogP contribution in [0.25, 0.3) is 6.08 Å². The lowest BCUT2D eigenvalue weighted by Crippen LogP contribution is -2.48. The second-order valence-electron chi connectivity index (χ2n) is 6.06.